The number of hydrogen-bond acceptors (Lipinski definition) is 4. The first-order chi connectivity index (χ1) is 19.9. The number of anilines is 1. The second kappa shape index (κ2) is 12.1. The van der Waals surface area contributed by atoms with Gasteiger partial charge in [0.25, 0.3) is 0 Å². The molecule has 1 unspecified atom stereocenters. The minimum Gasteiger partial charge on any atom is -0.438 e. The van der Waals surface area contributed by atoms with Gasteiger partial charge in [0.05, 0.1) is 27.2 Å². The van der Waals surface area contributed by atoms with Crippen LogP contribution in [0, 0.1) is 5.82 Å². The summed E-state index contributed by atoms with van der Waals surface area (Å²) in [7, 11) is 0. The van der Waals surface area contributed by atoms with E-state index in [2.05, 4.69) is 15.5 Å². The Morgan fingerprint density at radius 3 is 2.52 bits per heavy atom. The van der Waals surface area contributed by atoms with Gasteiger partial charge in [-0.1, -0.05) is 41.4 Å². The standard InChI is InChI=1S/C30H27Cl2F4N3O3/c31-24-6-4-19(15-25(24)32)22(27(40)37-17-18-2-1-3-20(14-18)30(34,35)36)8-11-39-12-9-29(10-13-39)23-16-21(33)5-7-26(23)38-28(41)42-29/h1-7,14-16,22H,8-13,17H2,(H,37,40)(H,38,41). The van der Waals surface area contributed by atoms with Crippen LogP contribution in [0.25, 0.3) is 0 Å². The summed E-state index contributed by atoms with van der Waals surface area (Å²) < 4.78 is 59.2. The van der Waals surface area contributed by atoms with Gasteiger partial charge in [-0.15, -0.1) is 0 Å². The number of halogens is 6. The number of piperidine rings is 1. The molecule has 1 atom stereocenters. The maximum absolute atomic E-state index is 14.1. The number of hydrogen-bond donors (Lipinski definition) is 2. The van der Waals surface area contributed by atoms with Crippen LogP contribution in [-0.2, 0) is 27.9 Å². The van der Waals surface area contributed by atoms with E-state index in [0.29, 0.717) is 66.3 Å². The molecule has 2 heterocycles. The molecule has 42 heavy (non-hydrogen) atoms. The first-order valence-electron chi connectivity index (χ1n) is 13.3. The molecule has 222 valence electrons. The van der Waals surface area contributed by atoms with Crippen LogP contribution in [0.4, 0.5) is 28.0 Å². The summed E-state index contributed by atoms with van der Waals surface area (Å²) in [4.78, 5) is 27.8. The van der Waals surface area contributed by atoms with Crippen LogP contribution in [0.15, 0.2) is 60.7 Å². The molecule has 2 amide bonds. The van der Waals surface area contributed by atoms with Gasteiger partial charge in [0.2, 0.25) is 5.91 Å². The quantitative estimate of drug-likeness (QED) is 0.267. The Morgan fingerprint density at radius 1 is 1.05 bits per heavy atom. The molecular weight excluding hydrogens is 597 g/mol. The van der Waals surface area contributed by atoms with Crippen LogP contribution < -0.4 is 10.6 Å². The minimum absolute atomic E-state index is 0.0812. The molecular formula is C30H27Cl2F4N3O3. The fraction of sp³-hybridized carbons (Fsp3) is 0.333. The summed E-state index contributed by atoms with van der Waals surface area (Å²) in [6, 6.07) is 13.9. The van der Waals surface area contributed by atoms with Gasteiger partial charge < -0.3 is 15.0 Å². The number of fused-ring (bicyclic) bond motifs is 2. The summed E-state index contributed by atoms with van der Waals surface area (Å²) >= 11 is 12.3. The molecule has 5 rings (SSSR count). The van der Waals surface area contributed by atoms with Crippen molar-refractivity contribution < 1.29 is 31.9 Å². The lowest BCUT2D eigenvalue weighted by molar-refractivity contribution is -0.137. The summed E-state index contributed by atoms with van der Waals surface area (Å²) in [5.74, 6) is -1.44. The Labute approximate surface area is 249 Å². The van der Waals surface area contributed by atoms with E-state index >= 15 is 0 Å². The molecule has 1 spiro atoms. The zero-order valence-electron chi connectivity index (χ0n) is 22.2. The van der Waals surface area contributed by atoms with E-state index in [1.54, 1.807) is 18.2 Å². The van der Waals surface area contributed by atoms with Crippen molar-refractivity contribution >= 4 is 40.9 Å². The number of likely N-dealkylation sites (tertiary alicyclic amines) is 1. The Bertz CT molecular complexity index is 1490. The summed E-state index contributed by atoms with van der Waals surface area (Å²) in [5, 5.41) is 6.00. The predicted octanol–water partition coefficient (Wildman–Crippen LogP) is 7.49. The van der Waals surface area contributed by atoms with Gasteiger partial charge in [0.1, 0.15) is 11.4 Å². The molecule has 3 aromatic carbocycles. The molecule has 2 aliphatic rings. The first-order valence-corrected chi connectivity index (χ1v) is 14.1. The molecule has 3 aromatic rings. The maximum Gasteiger partial charge on any atom is 0.416 e. The molecule has 0 aromatic heterocycles. The van der Waals surface area contributed by atoms with Crippen molar-refractivity contribution in [2.24, 2.45) is 0 Å². The average Bonchev–Trinajstić information content (AvgIpc) is 2.95. The molecule has 1 saturated heterocycles. The van der Waals surface area contributed by atoms with Crippen LogP contribution in [-0.4, -0.2) is 36.5 Å². The fourth-order valence-corrected chi connectivity index (χ4v) is 5.85. The van der Waals surface area contributed by atoms with Gasteiger partial charge >= 0.3 is 12.3 Å². The van der Waals surface area contributed by atoms with Crippen molar-refractivity contribution in [3.05, 3.63) is 98.8 Å². The van der Waals surface area contributed by atoms with E-state index in [9.17, 15) is 27.2 Å². The lowest BCUT2D eigenvalue weighted by atomic mass is 9.82. The van der Waals surface area contributed by atoms with Crippen LogP contribution in [0.2, 0.25) is 10.0 Å². The second-order valence-electron chi connectivity index (χ2n) is 10.5. The fourth-order valence-electron chi connectivity index (χ4n) is 5.54. The Hall–Kier alpha value is -3.34. The van der Waals surface area contributed by atoms with Gasteiger partial charge in [-0.05, 0) is 66.6 Å². The Balaban J connectivity index is 1.27. The zero-order chi connectivity index (χ0) is 30.1. The number of nitrogens with zero attached hydrogens (tertiary/aromatic N) is 1. The number of rotatable bonds is 7. The van der Waals surface area contributed by atoms with Gasteiger partial charge in [0.15, 0.2) is 0 Å². The van der Waals surface area contributed by atoms with Crippen molar-refractivity contribution in [3.8, 4) is 0 Å². The molecule has 1 fully saturated rings. The van der Waals surface area contributed by atoms with Crippen molar-refractivity contribution in [2.75, 3.05) is 25.0 Å². The number of alkyl halides is 3. The molecule has 2 aliphatic heterocycles. The first kappa shape index (κ1) is 30.1. The average molecular weight is 624 g/mol. The Kier molecular flexibility index (Phi) is 8.68. The van der Waals surface area contributed by atoms with Crippen LogP contribution >= 0.6 is 23.2 Å². The molecule has 0 aliphatic carbocycles. The predicted molar refractivity (Wildman–Crippen MR) is 151 cm³/mol. The summed E-state index contributed by atoms with van der Waals surface area (Å²) in [6.45, 7) is 1.48. The van der Waals surface area contributed by atoms with E-state index in [1.807, 2.05) is 0 Å². The Morgan fingerprint density at radius 2 is 1.81 bits per heavy atom. The van der Waals surface area contributed by atoms with E-state index in [0.717, 1.165) is 12.1 Å². The van der Waals surface area contributed by atoms with Crippen LogP contribution in [0.1, 0.15) is 47.4 Å². The zero-order valence-corrected chi connectivity index (χ0v) is 23.8. The number of benzene rings is 3. The lowest BCUT2D eigenvalue weighted by Gasteiger charge is -2.44. The number of carbonyl (C=O) groups is 2. The highest BCUT2D eigenvalue weighted by Crippen LogP contribution is 2.44. The van der Waals surface area contributed by atoms with E-state index in [1.165, 1.54) is 30.3 Å². The SMILES string of the molecule is O=C1Nc2ccc(F)cc2C2(CCN(CCC(C(=O)NCc3cccc(C(F)(F)F)c3)c3ccc(Cl)c(Cl)c3)CC2)O1. The molecule has 0 bridgehead atoms. The van der Waals surface area contributed by atoms with Gasteiger partial charge in [-0.3, -0.25) is 10.1 Å². The third-order valence-electron chi connectivity index (χ3n) is 7.78. The third kappa shape index (κ3) is 6.66. The number of nitrogens with one attached hydrogen (secondary N) is 2. The van der Waals surface area contributed by atoms with Crippen LogP contribution in [0.3, 0.4) is 0 Å². The van der Waals surface area contributed by atoms with Gasteiger partial charge in [-0.25, -0.2) is 9.18 Å². The molecule has 0 saturated carbocycles. The molecule has 12 heteroatoms. The van der Waals surface area contributed by atoms with Crippen molar-refractivity contribution in [2.45, 2.75) is 43.5 Å². The minimum atomic E-state index is -4.49. The maximum atomic E-state index is 14.1. The molecule has 0 radical (unpaired) electrons. The van der Waals surface area contributed by atoms with Gasteiger partial charge in [-0.2, -0.15) is 13.2 Å². The van der Waals surface area contributed by atoms with E-state index in [4.69, 9.17) is 27.9 Å². The largest absolute Gasteiger partial charge is 0.438 e. The summed E-state index contributed by atoms with van der Waals surface area (Å²) in [5.41, 5.74) is 0.337. The van der Waals surface area contributed by atoms with Crippen molar-refractivity contribution in [3.63, 3.8) is 0 Å². The van der Waals surface area contributed by atoms with Crippen molar-refractivity contribution in [1.82, 2.24) is 10.2 Å². The van der Waals surface area contributed by atoms with E-state index < -0.39 is 35.2 Å². The topological polar surface area (TPSA) is 70.7 Å². The van der Waals surface area contributed by atoms with Crippen LogP contribution in [0.5, 0.6) is 0 Å². The highest BCUT2D eigenvalue weighted by Gasteiger charge is 2.44. The smallest absolute Gasteiger partial charge is 0.416 e. The summed E-state index contributed by atoms with van der Waals surface area (Å²) in [6.07, 6.45) is -3.81. The molecule has 6 nitrogen and oxygen atoms in total. The number of ether oxygens (including phenoxy) is 1. The second-order valence-corrected chi connectivity index (χ2v) is 11.3. The highest BCUT2D eigenvalue weighted by atomic mass is 35.5. The number of carbonyl (C=O) groups excluding carboxylic acids is 2. The normalized spacial score (nSPS) is 17.2. The third-order valence-corrected chi connectivity index (χ3v) is 8.52. The lowest BCUT2D eigenvalue weighted by Crippen LogP contribution is -2.48. The van der Waals surface area contributed by atoms with Crippen molar-refractivity contribution in [1.29, 1.82) is 0 Å². The highest BCUT2D eigenvalue weighted by molar-refractivity contribution is 6.42. The number of amides is 2. The van der Waals surface area contributed by atoms with Gasteiger partial charge in [0, 0.05) is 38.0 Å². The molecule has 2 N–H and O–H groups in total. The monoisotopic (exact) mass is 623 g/mol. The van der Waals surface area contributed by atoms with E-state index in [-0.39, 0.29) is 17.5 Å².